The molecule has 0 radical (unpaired) electrons. The van der Waals surface area contributed by atoms with E-state index in [4.69, 9.17) is 0 Å². The van der Waals surface area contributed by atoms with E-state index in [-0.39, 0.29) is 10.8 Å². The number of carbonyl (C=O) groups is 2. The first-order chi connectivity index (χ1) is 16.3. The van der Waals surface area contributed by atoms with Crippen molar-refractivity contribution in [3.8, 4) is 0 Å². The number of rotatable bonds is 10. The van der Waals surface area contributed by atoms with Gasteiger partial charge < -0.3 is 10.6 Å². The number of halogens is 1. The highest BCUT2D eigenvalue weighted by Crippen LogP contribution is 2.25. The summed E-state index contributed by atoms with van der Waals surface area (Å²) in [6, 6.07) is 21.5. The van der Waals surface area contributed by atoms with Crippen molar-refractivity contribution < 1.29 is 18.0 Å². The van der Waals surface area contributed by atoms with Crippen molar-refractivity contribution in [1.29, 1.82) is 0 Å². The molecule has 0 heterocycles. The molecule has 0 saturated carbocycles. The number of hydrogen-bond donors (Lipinski definition) is 2. The van der Waals surface area contributed by atoms with Gasteiger partial charge in [-0.1, -0.05) is 43.7 Å². The van der Waals surface area contributed by atoms with E-state index in [0.717, 1.165) is 20.7 Å². The van der Waals surface area contributed by atoms with Gasteiger partial charge in [-0.05, 0) is 77.5 Å². The predicted molar refractivity (Wildman–Crippen MR) is 142 cm³/mol. The second kappa shape index (κ2) is 12.0. The number of unbranched alkanes of at least 4 members (excludes halogenated alkanes) is 1. The van der Waals surface area contributed by atoms with Crippen molar-refractivity contribution in [2.75, 3.05) is 22.7 Å². The average molecular weight is 591 g/mol. The summed E-state index contributed by atoms with van der Waals surface area (Å²) in [7, 11) is -4.00. The largest absolute Gasteiger partial charge is 0.352 e. The lowest BCUT2D eigenvalue weighted by molar-refractivity contribution is -0.114. The van der Waals surface area contributed by atoms with Crippen LogP contribution >= 0.6 is 22.6 Å². The smallest absolute Gasteiger partial charge is 0.264 e. The first-order valence-corrected chi connectivity index (χ1v) is 13.3. The molecule has 0 spiro atoms. The van der Waals surface area contributed by atoms with Crippen molar-refractivity contribution in [3.05, 3.63) is 88.0 Å². The van der Waals surface area contributed by atoms with Crippen molar-refractivity contribution in [2.24, 2.45) is 0 Å². The number of nitrogens with zero attached hydrogens (tertiary/aromatic N) is 1. The van der Waals surface area contributed by atoms with Crippen LogP contribution in [0.15, 0.2) is 83.8 Å². The van der Waals surface area contributed by atoms with E-state index in [0.29, 0.717) is 23.5 Å². The van der Waals surface area contributed by atoms with E-state index in [1.165, 1.54) is 12.1 Å². The number of sulfonamides is 1. The van der Waals surface area contributed by atoms with Crippen LogP contribution in [0, 0.1) is 3.57 Å². The third kappa shape index (κ3) is 6.57. The number of amides is 2. The van der Waals surface area contributed by atoms with Crippen LogP contribution in [-0.4, -0.2) is 33.3 Å². The fourth-order valence-electron chi connectivity index (χ4n) is 3.23. The van der Waals surface area contributed by atoms with Gasteiger partial charge in [0.05, 0.1) is 21.8 Å². The Morgan fingerprint density at radius 2 is 1.56 bits per heavy atom. The van der Waals surface area contributed by atoms with E-state index in [9.17, 15) is 18.0 Å². The number of anilines is 2. The molecular formula is C25H26IN3O4S. The molecule has 0 aliphatic carbocycles. The maximum atomic E-state index is 13.4. The van der Waals surface area contributed by atoms with Gasteiger partial charge in [0.1, 0.15) is 6.54 Å². The minimum absolute atomic E-state index is 0.0806. The molecule has 34 heavy (non-hydrogen) atoms. The highest BCUT2D eigenvalue weighted by atomic mass is 127. The van der Waals surface area contributed by atoms with Crippen LogP contribution < -0.4 is 14.9 Å². The summed E-state index contributed by atoms with van der Waals surface area (Å²) in [5.74, 6) is -0.859. The fourth-order valence-corrected chi connectivity index (χ4v) is 5.03. The summed E-state index contributed by atoms with van der Waals surface area (Å²) in [5.41, 5.74) is 1.00. The number of para-hydroxylation sites is 1. The molecule has 0 atom stereocenters. The van der Waals surface area contributed by atoms with Crippen LogP contribution in [0.4, 0.5) is 11.4 Å². The number of benzene rings is 3. The lowest BCUT2D eigenvalue weighted by atomic mass is 10.1. The van der Waals surface area contributed by atoms with Gasteiger partial charge in [-0.3, -0.25) is 13.9 Å². The Morgan fingerprint density at radius 3 is 2.24 bits per heavy atom. The van der Waals surface area contributed by atoms with Gasteiger partial charge in [0, 0.05) is 10.1 Å². The Balaban J connectivity index is 1.86. The van der Waals surface area contributed by atoms with Crippen LogP contribution in [0.3, 0.4) is 0 Å². The Hall–Kier alpha value is -2.92. The zero-order chi connectivity index (χ0) is 24.6. The Labute approximate surface area is 213 Å². The van der Waals surface area contributed by atoms with Crippen molar-refractivity contribution in [2.45, 2.75) is 24.7 Å². The molecular weight excluding hydrogens is 565 g/mol. The highest BCUT2D eigenvalue weighted by Gasteiger charge is 2.27. The molecule has 3 aromatic rings. The van der Waals surface area contributed by atoms with Gasteiger partial charge in [-0.2, -0.15) is 0 Å². The minimum Gasteiger partial charge on any atom is -0.352 e. The van der Waals surface area contributed by atoms with Crippen molar-refractivity contribution in [1.82, 2.24) is 5.32 Å². The summed E-state index contributed by atoms with van der Waals surface area (Å²) in [4.78, 5) is 25.7. The quantitative estimate of drug-likeness (QED) is 0.265. The van der Waals surface area contributed by atoms with Crippen molar-refractivity contribution >= 4 is 55.8 Å². The third-order valence-electron chi connectivity index (χ3n) is 4.99. The molecule has 178 valence electrons. The number of hydrogen-bond acceptors (Lipinski definition) is 4. The fraction of sp³-hybridized carbons (Fsp3) is 0.200. The van der Waals surface area contributed by atoms with Crippen LogP contribution in [-0.2, 0) is 14.8 Å². The molecule has 7 nitrogen and oxygen atoms in total. The van der Waals surface area contributed by atoms with Crippen LogP contribution in [0.1, 0.15) is 30.1 Å². The monoisotopic (exact) mass is 591 g/mol. The molecule has 0 aliphatic rings. The third-order valence-corrected chi connectivity index (χ3v) is 7.50. The minimum atomic E-state index is -4.00. The molecule has 0 bridgehead atoms. The second-order valence-electron chi connectivity index (χ2n) is 7.50. The molecule has 0 aromatic heterocycles. The standard InChI is InChI=1S/C25H26IN3O4S/c1-2-3-17-27-25(31)22-11-7-8-12-23(22)28-24(30)18-29(20-15-13-19(26)14-16-20)34(32,33)21-9-5-4-6-10-21/h4-16H,2-3,17-18H2,1H3,(H,27,31)(H,28,30). The summed E-state index contributed by atoms with van der Waals surface area (Å²) in [5, 5.41) is 5.54. The summed E-state index contributed by atoms with van der Waals surface area (Å²) in [6.45, 7) is 2.11. The Morgan fingerprint density at radius 1 is 0.912 bits per heavy atom. The molecule has 0 aliphatic heterocycles. The predicted octanol–water partition coefficient (Wildman–Crippen LogP) is 4.66. The molecule has 0 unspecified atom stereocenters. The molecule has 9 heteroatoms. The van der Waals surface area contributed by atoms with E-state index >= 15 is 0 Å². The molecule has 0 saturated heterocycles. The molecule has 3 aromatic carbocycles. The number of carbonyl (C=O) groups excluding carboxylic acids is 2. The van der Waals surface area contributed by atoms with Gasteiger partial charge in [-0.25, -0.2) is 8.42 Å². The summed E-state index contributed by atoms with van der Waals surface area (Å²) < 4.78 is 28.8. The first kappa shape index (κ1) is 25.7. The Bertz CT molecular complexity index is 1230. The molecule has 3 rings (SSSR count). The lowest BCUT2D eigenvalue weighted by Gasteiger charge is -2.24. The normalized spacial score (nSPS) is 11.0. The molecule has 2 N–H and O–H groups in total. The zero-order valence-electron chi connectivity index (χ0n) is 18.7. The zero-order valence-corrected chi connectivity index (χ0v) is 21.7. The summed E-state index contributed by atoms with van der Waals surface area (Å²) >= 11 is 2.13. The maximum Gasteiger partial charge on any atom is 0.264 e. The van der Waals surface area contributed by atoms with Gasteiger partial charge in [-0.15, -0.1) is 0 Å². The molecule has 0 fully saturated rings. The van der Waals surface area contributed by atoms with Gasteiger partial charge in [0.15, 0.2) is 0 Å². The van der Waals surface area contributed by atoms with E-state index in [1.54, 1.807) is 66.7 Å². The maximum absolute atomic E-state index is 13.4. The van der Waals surface area contributed by atoms with Crippen LogP contribution in [0.25, 0.3) is 0 Å². The van der Waals surface area contributed by atoms with E-state index in [2.05, 4.69) is 33.2 Å². The lowest BCUT2D eigenvalue weighted by Crippen LogP contribution is -2.38. The van der Waals surface area contributed by atoms with Crippen molar-refractivity contribution in [3.63, 3.8) is 0 Å². The molecule has 2 amide bonds. The van der Waals surface area contributed by atoms with Crippen LogP contribution in [0.2, 0.25) is 0 Å². The summed E-state index contributed by atoms with van der Waals surface area (Å²) in [6.07, 6.45) is 1.80. The first-order valence-electron chi connectivity index (χ1n) is 10.8. The van der Waals surface area contributed by atoms with E-state index in [1.807, 2.05) is 6.92 Å². The second-order valence-corrected chi connectivity index (χ2v) is 10.6. The van der Waals surface area contributed by atoms with Crippen LogP contribution in [0.5, 0.6) is 0 Å². The SMILES string of the molecule is CCCCNC(=O)c1ccccc1NC(=O)CN(c1ccc(I)cc1)S(=O)(=O)c1ccccc1. The highest BCUT2D eigenvalue weighted by molar-refractivity contribution is 14.1. The van der Waals surface area contributed by atoms with Gasteiger partial charge in [0.2, 0.25) is 5.91 Å². The average Bonchev–Trinajstić information content (AvgIpc) is 2.84. The van der Waals surface area contributed by atoms with E-state index < -0.39 is 22.5 Å². The topological polar surface area (TPSA) is 95.6 Å². The number of nitrogens with one attached hydrogen (secondary N) is 2. The van der Waals surface area contributed by atoms with Gasteiger partial charge >= 0.3 is 0 Å². The van der Waals surface area contributed by atoms with Gasteiger partial charge in [0.25, 0.3) is 15.9 Å². The Kier molecular flexibility index (Phi) is 9.05.